The highest BCUT2D eigenvalue weighted by Crippen LogP contribution is 2.22. The second kappa shape index (κ2) is 13.8. The molecule has 1 saturated heterocycles. The zero-order valence-corrected chi connectivity index (χ0v) is 19.3. The summed E-state index contributed by atoms with van der Waals surface area (Å²) in [6.07, 6.45) is -2.26. The number of alkyl halides is 3. The van der Waals surface area contributed by atoms with Crippen LogP contribution in [0, 0.1) is 11.8 Å². The molecule has 0 saturated carbocycles. The summed E-state index contributed by atoms with van der Waals surface area (Å²) in [4.78, 5) is 6.03. The lowest BCUT2D eigenvalue weighted by Crippen LogP contribution is -2.39. The summed E-state index contributed by atoms with van der Waals surface area (Å²) in [7, 11) is 0. The molecule has 1 aliphatic rings. The number of likely N-dealkylation sites (tertiary alicyclic amines) is 1. The van der Waals surface area contributed by atoms with Gasteiger partial charge in [0, 0.05) is 32.8 Å². The molecule has 0 aromatic rings. The number of ether oxygens (including phenoxy) is 1. The molecule has 27 heavy (non-hydrogen) atoms. The van der Waals surface area contributed by atoms with Crippen LogP contribution < -0.4 is 10.6 Å². The number of halogens is 4. The molecule has 2 unspecified atom stereocenters. The van der Waals surface area contributed by atoms with Gasteiger partial charge in [0.2, 0.25) is 0 Å². The second-order valence-electron chi connectivity index (χ2n) is 7.18. The molecule has 0 aromatic heterocycles. The van der Waals surface area contributed by atoms with Crippen molar-refractivity contribution >= 4 is 29.9 Å². The van der Waals surface area contributed by atoms with Crippen molar-refractivity contribution in [2.24, 2.45) is 16.8 Å². The van der Waals surface area contributed by atoms with Gasteiger partial charge in [0.1, 0.15) is 0 Å². The van der Waals surface area contributed by atoms with Crippen molar-refractivity contribution in [1.29, 1.82) is 0 Å². The molecule has 9 heteroatoms. The summed E-state index contributed by atoms with van der Waals surface area (Å²) >= 11 is 0. The normalized spacial score (nSPS) is 19.9. The Morgan fingerprint density at radius 3 is 2.52 bits per heavy atom. The maximum atomic E-state index is 12.5. The van der Waals surface area contributed by atoms with Crippen molar-refractivity contribution in [3.63, 3.8) is 0 Å². The number of aliphatic imine (C=N–C) groups is 1. The van der Waals surface area contributed by atoms with E-state index in [2.05, 4.69) is 29.5 Å². The minimum absolute atomic E-state index is 0. The Kier molecular flexibility index (Phi) is 13.7. The van der Waals surface area contributed by atoms with Gasteiger partial charge in [-0.05, 0) is 45.1 Å². The molecular weight excluding hydrogens is 472 g/mol. The second-order valence-corrected chi connectivity index (χ2v) is 7.18. The molecule has 0 aromatic carbocycles. The van der Waals surface area contributed by atoms with Crippen molar-refractivity contribution in [2.45, 2.75) is 52.8 Å². The number of hydrogen-bond donors (Lipinski definition) is 2. The van der Waals surface area contributed by atoms with Gasteiger partial charge in [-0.2, -0.15) is 13.2 Å². The van der Waals surface area contributed by atoms with Crippen LogP contribution in [0.1, 0.15) is 40.5 Å². The minimum Gasteiger partial charge on any atom is -0.378 e. The Balaban J connectivity index is 0.00000676. The Hall–Kier alpha value is -0.290. The van der Waals surface area contributed by atoms with Crippen LogP contribution in [-0.2, 0) is 4.74 Å². The third-order valence-electron chi connectivity index (χ3n) is 4.47. The molecule has 1 rings (SSSR count). The fraction of sp³-hybridized carbons (Fsp3) is 0.944. The largest absolute Gasteiger partial charge is 0.401 e. The Morgan fingerprint density at radius 1 is 1.26 bits per heavy atom. The van der Waals surface area contributed by atoms with E-state index in [4.69, 9.17) is 4.74 Å². The van der Waals surface area contributed by atoms with E-state index in [1.54, 1.807) is 0 Å². The SMILES string of the molecule is CCNC(=NCC1CCN(CC(F)(F)F)C1)NCCC(OCC)C(C)C.I. The summed E-state index contributed by atoms with van der Waals surface area (Å²) in [5.41, 5.74) is 0. The predicted molar refractivity (Wildman–Crippen MR) is 115 cm³/mol. The van der Waals surface area contributed by atoms with E-state index < -0.39 is 12.7 Å². The van der Waals surface area contributed by atoms with Gasteiger partial charge in [-0.15, -0.1) is 24.0 Å². The zero-order chi connectivity index (χ0) is 19.6. The number of guanidine groups is 1. The predicted octanol–water partition coefficient (Wildman–Crippen LogP) is 3.49. The summed E-state index contributed by atoms with van der Waals surface area (Å²) in [5.74, 6) is 1.36. The molecule has 1 aliphatic heterocycles. The first-order chi connectivity index (χ1) is 12.2. The van der Waals surface area contributed by atoms with Gasteiger partial charge in [-0.1, -0.05) is 13.8 Å². The van der Waals surface area contributed by atoms with Crippen molar-refractivity contribution in [2.75, 3.05) is 45.9 Å². The van der Waals surface area contributed by atoms with E-state index >= 15 is 0 Å². The highest BCUT2D eigenvalue weighted by Gasteiger charge is 2.34. The van der Waals surface area contributed by atoms with Gasteiger partial charge in [0.25, 0.3) is 0 Å². The van der Waals surface area contributed by atoms with Crippen LogP contribution in [0.3, 0.4) is 0 Å². The van der Waals surface area contributed by atoms with E-state index in [-0.39, 0.29) is 36.0 Å². The number of nitrogens with one attached hydrogen (secondary N) is 2. The molecule has 0 bridgehead atoms. The maximum absolute atomic E-state index is 12.5. The van der Waals surface area contributed by atoms with Gasteiger partial charge in [-0.3, -0.25) is 9.89 Å². The number of rotatable bonds is 10. The van der Waals surface area contributed by atoms with Gasteiger partial charge in [0.15, 0.2) is 5.96 Å². The minimum atomic E-state index is -4.12. The Bertz CT molecular complexity index is 422. The average Bonchev–Trinajstić information content (AvgIpc) is 2.96. The first-order valence-corrected chi connectivity index (χ1v) is 9.68. The summed E-state index contributed by atoms with van der Waals surface area (Å²) in [6, 6.07) is 0. The lowest BCUT2D eigenvalue weighted by molar-refractivity contribution is -0.143. The van der Waals surface area contributed by atoms with Gasteiger partial charge in [-0.25, -0.2) is 0 Å². The zero-order valence-electron chi connectivity index (χ0n) is 16.9. The van der Waals surface area contributed by atoms with E-state index in [1.807, 2.05) is 13.8 Å². The molecule has 2 atom stereocenters. The summed E-state index contributed by atoms with van der Waals surface area (Å²) in [6.45, 7) is 11.2. The first kappa shape index (κ1) is 26.7. The quantitative estimate of drug-likeness (QED) is 0.270. The fourth-order valence-electron chi connectivity index (χ4n) is 3.18. The van der Waals surface area contributed by atoms with Gasteiger partial charge < -0.3 is 15.4 Å². The third kappa shape index (κ3) is 12.0. The fourth-order valence-corrected chi connectivity index (χ4v) is 3.18. The third-order valence-corrected chi connectivity index (χ3v) is 4.47. The topological polar surface area (TPSA) is 48.9 Å². The molecule has 162 valence electrons. The summed E-state index contributed by atoms with van der Waals surface area (Å²) < 4.78 is 43.1. The highest BCUT2D eigenvalue weighted by atomic mass is 127. The maximum Gasteiger partial charge on any atom is 0.401 e. The Morgan fingerprint density at radius 2 is 1.96 bits per heavy atom. The van der Waals surface area contributed by atoms with Crippen molar-refractivity contribution in [1.82, 2.24) is 15.5 Å². The lowest BCUT2D eigenvalue weighted by atomic mass is 10.0. The molecular formula is C18H36F3IN4O. The van der Waals surface area contributed by atoms with Crippen LogP contribution >= 0.6 is 24.0 Å². The summed E-state index contributed by atoms with van der Waals surface area (Å²) in [5, 5.41) is 6.50. The molecule has 0 radical (unpaired) electrons. The first-order valence-electron chi connectivity index (χ1n) is 9.68. The van der Waals surface area contributed by atoms with E-state index in [0.717, 1.165) is 31.9 Å². The van der Waals surface area contributed by atoms with Crippen LogP contribution in [-0.4, -0.2) is 69.0 Å². The van der Waals surface area contributed by atoms with E-state index in [1.165, 1.54) is 4.90 Å². The molecule has 0 amide bonds. The van der Waals surface area contributed by atoms with Gasteiger partial charge >= 0.3 is 6.18 Å². The van der Waals surface area contributed by atoms with Gasteiger partial charge in [0.05, 0.1) is 12.6 Å². The van der Waals surface area contributed by atoms with E-state index in [0.29, 0.717) is 32.2 Å². The number of hydrogen-bond acceptors (Lipinski definition) is 3. The number of nitrogens with zero attached hydrogens (tertiary/aromatic N) is 2. The standard InChI is InChI=1S/C18H35F3N4O.HI/c1-5-22-17(23-9-7-16(14(3)4)26-6-2)24-11-15-8-10-25(12-15)13-18(19,20)21;/h14-16H,5-13H2,1-4H3,(H2,22,23,24);1H. The van der Waals surface area contributed by atoms with Crippen molar-refractivity contribution in [3.8, 4) is 0 Å². The van der Waals surface area contributed by atoms with Crippen LogP contribution in [0.4, 0.5) is 13.2 Å². The van der Waals surface area contributed by atoms with Crippen molar-refractivity contribution < 1.29 is 17.9 Å². The smallest absolute Gasteiger partial charge is 0.378 e. The van der Waals surface area contributed by atoms with Crippen LogP contribution in [0.15, 0.2) is 4.99 Å². The highest BCUT2D eigenvalue weighted by molar-refractivity contribution is 14.0. The lowest BCUT2D eigenvalue weighted by Gasteiger charge is -2.21. The average molecular weight is 508 g/mol. The van der Waals surface area contributed by atoms with E-state index in [9.17, 15) is 13.2 Å². The van der Waals surface area contributed by atoms with Crippen LogP contribution in [0.2, 0.25) is 0 Å². The molecule has 2 N–H and O–H groups in total. The molecule has 5 nitrogen and oxygen atoms in total. The molecule has 0 spiro atoms. The van der Waals surface area contributed by atoms with Crippen LogP contribution in [0.25, 0.3) is 0 Å². The van der Waals surface area contributed by atoms with Crippen LogP contribution in [0.5, 0.6) is 0 Å². The Labute approximate surface area is 178 Å². The molecule has 1 heterocycles. The molecule has 1 fully saturated rings. The monoisotopic (exact) mass is 508 g/mol. The molecule has 0 aliphatic carbocycles. The van der Waals surface area contributed by atoms with Crippen molar-refractivity contribution in [3.05, 3.63) is 0 Å².